The van der Waals surface area contributed by atoms with Crippen molar-refractivity contribution in [3.63, 3.8) is 0 Å². The Balaban J connectivity index is 2.34. The number of nitrogens with zero attached hydrogens (tertiary/aromatic N) is 1. The number of nitro groups is 1. The minimum absolute atomic E-state index is 0.176. The molecule has 140 valence electrons. The Morgan fingerprint density at radius 2 is 1.69 bits per heavy atom. The van der Waals surface area contributed by atoms with E-state index in [1.807, 2.05) is 0 Å². The molecule has 9 heteroatoms. The number of hydrogen-bond acceptors (Lipinski definition) is 5. The van der Waals surface area contributed by atoms with E-state index in [-0.39, 0.29) is 34.2 Å². The maximum absolute atomic E-state index is 13.0. The molecule has 0 spiro atoms. The third kappa shape index (κ3) is 4.77. The van der Waals surface area contributed by atoms with E-state index < -0.39 is 14.9 Å². The Hall–Kier alpha value is -2.52. The summed E-state index contributed by atoms with van der Waals surface area (Å²) in [6.07, 6.45) is 0. The van der Waals surface area contributed by atoms with Crippen LogP contribution in [-0.4, -0.2) is 19.4 Å². The predicted molar refractivity (Wildman–Crippen MR) is 97.0 cm³/mol. The van der Waals surface area contributed by atoms with E-state index in [0.29, 0.717) is 0 Å². The molecule has 0 amide bonds. The summed E-state index contributed by atoms with van der Waals surface area (Å²) >= 11 is 0. The number of nitrogens with one attached hydrogen (secondary N) is 2. The molecule has 2 aromatic carbocycles. The molecular weight excluding hydrogens is 361 g/mol. The summed E-state index contributed by atoms with van der Waals surface area (Å²) in [7, 11) is -3.84. The summed E-state index contributed by atoms with van der Waals surface area (Å²) < 4.78 is 39.8. The Morgan fingerprint density at radius 1 is 1.08 bits per heavy atom. The van der Waals surface area contributed by atoms with Crippen molar-refractivity contribution < 1.29 is 17.7 Å². The zero-order valence-electron chi connectivity index (χ0n) is 14.6. The normalized spacial score (nSPS) is 12.8. The highest BCUT2D eigenvalue weighted by molar-refractivity contribution is 7.89. The zero-order chi connectivity index (χ0) is 19.5. The second kappa shape index (κ2) is 7.79. The minimum atomic E-state index is -3.84. The van der Waals surface area contributed by atoms with E-state index in [9.17, 15) is 22.9 Å². The van der Waals surface area contributed by atoms with Crippen LogP contribution in [0.4, 0.5) is 15.8 Å². The van der Waals surface area contributed by atoms with Gasteiger partial charge < -0.3 is 5.32 Å². The van der Waals surface area contributed by atoms with Gasteiger partial charge in [0.1, 0.15) is 11.5 Å². The molecule has 0 bridgehead atoms. The van der Waals surface area contributed by atoms with Gasteiger partial charge in [0.25, 0.3) is 5.69 Å². The Labute approximate surface area is 151 Å². The van der Waals surface area contributed by atoms with E-state index >= 15 is 0 Å². The lowest BCUT2D eigenvalue weighted by molar-refractivity contribution is -0.384. The van der Waals surface area contributed by atoms with Gasteiger partial charge in [-0.2, -0.15) is 0 Å². The maximum Gasteiger partial charge on any atom is 0.293 e. The van der Waals surface area contributed by atoms with Gasteiger partial charge in [-0.3, -0.25) is 10.1 Å². The number of hydrogen-bond donors (Lipinski definition) is 2. The Bertz CT molecular complexity index is 899. The van der Waals surface area contributed by atoms with E-state index in [1.165, 1.54) is 24.3 Å². The number of anilines is 1. The molecule has 0 heterocycles. The second-order valence-corrected chi connectivity index (χ2v) is 7.84. The lowest BCUT2D eigenvalue weighted by Gasteiger charge is -2.16. The van der Waals surface area contributed by atoms with Crippen LogP contribution in [0.15, 0.2) is 47.4 Å². The monoisotopic (exact) mass is 381 g/mol. The van der Waals surface area contributed by atoms with Crippen LogP contribution in [0.2, 0.25) is 0 Å². The van der Waals surface area contributed by atoms with E-state index in [2.05, 4.69) is 10.0 Å². The van der Waals surface area contributed by atoms with Crippen LogP contribution in [0.5, 0.6) is 0 Å². The van der Waals surface area contributed by atoms with Gasteiger partial charge in [-0.1, -0.05) is 12.1 Å². The van der Waals surface area contributed by atoms with Crippen molar-refractivity contribution >= 4 is 21.4 Å². The summed E-state index contributed by atoms with van der Waals surface area (Å²) in [5.74, 6) is -0.376. The van der Waals surface area contributed by atoms with Crippen molar-refractivity contribution in [2.45, 2.75) is 37.8 Å². The lowest BCUT2D eigenvalue weighted by Crippen LogP contribution is -2.30. The summed E-state index contributed by atoms with van der Waals surface area (Å²) in [4.78, 5) is 10.6. The van der Waals surface area contributed by atoms with E-state index in [1.54, 1.807) is 32.9 Å². The fourth-order valence-electron chi connectivity index (χ4n) is 2.40. The quantitative estimate of drug-likeness (QED) is 0.564. The molecule has 0 saturated heterocycles. The second-order valence-electron chi connectivity index (χ2n) is 6.13. The molecule has 0 aliphatic carbocycles. The number of sulfonamides is 1. The Kier molecular flexibility index (Phi) is 5.94. The minimum Gasteiger partial charge on any atom is -0.373 e. The van der Waals surface area contributed by atoms with Gasteiger partial charge in [0.05, 0.1) is 9.82 Å². The first-order valence-corrected chi connectivity index (χ1v) is 9.41. The van der Waals surface area contributed by atoms with Crippen molar-refractivity contribution in [2.24, 2.45) is 0 Å². The fraction of sp³-hybridized carbons (Fsp3) is 0.294. The predicted octanol–water partition coefficient (Wildman–Crippen LogP) is 3.59. The van der Waals surface area contributed by atoms with Crippen molar-refractivity contribution in [3.05, 3.63) is 64.0 Å². The zero-order valence-corrected chi connectivity index (χ0v) is 15.4. The Morgan fingerprint density at radius 3 is 2.23 bits per heavy atom. The molecule has 26 heavy (non-hydrogen) atoms. The van der Waals surface area contributed by atoms with Crippen molar-refractivity contribution in [3.8, 4) is 0 Å². The molecule has 2 aromatic rings. The molecular formula is C17H20FN3O4S. The number of nitro benzene ring substituents is 1. The molecule has 0 fully saturated rings. The highest BCUT2D eigenvalue weighted by atomic mass is 32.2. The SMILES string of the molecule is CC(C)NS(=O)(=O)c1ccc(NC(C)c2ccc(F)cc2)c([N+](=O)[O-])c1. The summed E-state index contributed by atoms with van der Waals surface area (Å²) in [6, 6.07) is 8.74. The topological polar surface area (TPSA) is 101 Å². The first kappa shape index (κ1) is 19.8. The van der Waals surface area contributed by atoms with Gasteiger partial charge in [-0.05, 0) is 50.6 Å². The summed E-state index contributed by atoms with van der Waals surface area (Å²) in [5.41, 5.74) is 0.555. The number of benzene rings is 2. The first-order valence-electron chi connectivity index (χ1n) is 7.93. The van der Waals surface area contributed by atoms with Crippen molar-refractivity contribution in [1.82, 2.24) is 4.72 Å². The van der Waals surface area contributed by atoms with Crippen LogP contribution in [-0.2, 0) is 10.0 Å². The van der Waals surface area contributed by atoms with E-state index in [0.717, 1.165) is 11.6 Å². The van der Waals surface area contributed by atoms with Crippen molar-refractivity contribution in [2.75, 3.05) is 5.32 Å². The van der Waals surface area contributed by atoms with Gasteiger partial charge in [-0.15, -0.1) is 0 Å². The standard InChI is InChI=1S/C17H20FN3O4S/c1-11(2)20-26(24,25)15-8-9-16(17(10-15)21(22)23)19-12(3)13-4-6-14(18)7-5-13/h4-12,19-20H,1-3H3. The highest BCUT2D eigenvalue weighted by Crippen LogP contribution is 2.30. The highest BCUT2D eigenvalue weighted by Gasteiger charge is 2.23. The summed E-state index contributed by atoms with van der Waals surface area (Å²) in [6.45, 7) is 5.08. The molecule has 2 N–H and O–H groups in total. The van der Waals surface area contributed by atoms with Gasteiger partial charge in [0.15, 0.2) is 0 Å². The third-order valence-electron chi connectivity index (χ3n) is 3.61. The van der Waals surface area contributed by atoms with Crippen LogP contribution >= 0.6 is 0 Å². The van der Waals surface area contributed by atoms with Crippen LogP contribution in [0.25, 0.3) is 0 Å². The fourth-order valence-corrected chi connectivity index (χ4v) is 3.67. The largest absolute Gasteiger partial charge is 0.373 e. The molecule has 0 saturated carbocycles. The molecule has 0 aliphatic heterocycles. The molecule has 2 rings (SSSR count). The lowest BCUT2D eigenvalue weighted by atomic mass is 10.1. The maximum atomic E-state index is 13.0. The third-order valence-corrected chi connectivity index (χ3v) is 5.27. The van der Waals surface area contributed by atoms with E-state index in [4.69, 9.17) is 0 Å². The molecule has 0 aromatic heterocycles. The average Bonchev–Trinajstić information content (AvgIpc) is 2.54. The summed E-state index contributed by atoms with van der Waals surface area (Å²) in [5, 5.41) is 14.4. The van der Waals surface area contributed by atoms with Gasteiger partial charge in [0.2, 0.25) is 10.0 Å². The molecule has 0 aliphatic rings. The van der Waals surface area contributed by atoms with Gasteiger partial charge in [0, 0.05) is 18.2 Å². The van der Waals surface area contributed by atoms with Crippen LogP contribution in [0.1, 0.15) is 32.4 Å². The first-order chi connectivity index (χ1) is 12.1. The number of rotatable bonds is 7. The van der Waals surface area contributed by atoms with Gasteiger partial charge in [-0.25, -0.2) is 17.5 Å². The molecule has 7 nitrogen and oxygen atoms in total. The number of halogens is 1. The smallest absolute Gasteiger partial charge is 0.293 e. The average molecular weight is 381 g/mol. The van der Waals surface area contributed by atoms with Crippen molar-refractivity contribution in [1.29, 1.82) is 0 Å². The molecule has 1 atom stereocenters. The van der Waals surface area contributed by atoms with Crippen LogP contribution in [0.3, 0.4) is 0 Å². The van der Waals surface area contributed by atoms with Crippen LogP contribution in [0, 0.1) is 15.9 Å². The van der Waals surface area contributed by atoms with Crippen LogP contribution < -0.4 is 10.0 Å². The molecule has 0 radical (unpaired) electrons. The molecule has 1 unspecified atom stereocenters. The van der Waals surface area contributed by atoms with Gasteiger partial charge >= 0.3 is 0 Å².